The molecule has 0 unspecified atom stereocenters. The Morgan fingerprint density at radius 3 is 2.88 bits per heavy atom. The Morgan fingerprint density at radius 1 is 1.88 bits per heavy atom. The summed E-state index contributed by atoms with van der Waals surface area (Å²) in [7, 11) is 1.47. The fourth-order valence-electron chi connectivity index (χ4n) is 0.585. The molecule has 0 N–H and O–H groups in total. The summed E-state index contributed by atoms with van der Waals surface area (Å²) < 4.78 is 0. The molecule has 1 aliphatic heterocycles. The summed E-state index contributed by atoms with van der Waals surface area (Å²) in [5.41, 5.74) is 0. The highest BCUT2D eigenvalue weighted by molar-refractivity contribution is 5.79. The quantitative estimate of drug-likeness (QED) is 0.489. The maximum Gasteiger partial charge on any atom is 0.254 e. The van der Waals surface area contributed by atoms with Crippen molar-refractivity contribution >= 4 is 5.91 Å². The van der Waals surface area contributed by atoms with Gasteiger partial charge in [-0.15, -0.1) is 0 Å². The van der Waals surface area contributed by atoms with Gasteiger partial charge in [0, 0.05) is 12.6 Å². The highest BCUT2D eigenvalue weighted by atomic mass is 16.7. The molecule has 1 aliphatic rings. The number of rotatable bonds is 1. The van der Waals surface area contributed by atoms with Gasteiger partial charge >= 0.3 is 0 Å². The lowest BCUT2D eigenvalue weighted by molar-refractivity contribution is -0.158. The number of carbonyl (C=O) groups is 1. The van der Waals surface area contributed by atoms with Gasteiger partial charge in [0.2, 0.25) is 0 Å². The molecule has 8 heavy (non-hydrogen) atoms. The van der Waals surface area contributed by atoms with Crippen LogP contribution in [0.25, 0.3) is 0 Å². The summed E-state index contributed by atoms with van der Waals surface area (Å²) >= 11 is 0. The molecular weight excluding hydrogens is 106 g/mol. The van der Waals surface area contributed by atoms with E-state index in [-0.39, 0.29) is 5.91 Å². The lowest BCUT2D eigenvalue weighted by Crippen LogP contribution is -2.18. The Labute approximate surface area is 47.5 Å². The van der Waals surface area contributed by atoms with Crippen molar-refractivity contribution in [2.75, 3.05) is 7.11 Å². The van der Waals surface area contributed by atoms with Crippen LogP contribution in [0, 0.1) is 0 Å². The van der Waals surface area contributed by atoms with E-state index in [4.69, 9.17) is 0 Å². The van der Waals surface area contributed by atoms with E-state index < -0.39 is 0 Å². The van der Waals surface area contributed by atoms with E-state index in [1.807, 2.05) is 0 Å². The van der Waals surface area contributed by atoms with E-state index in [2.05, 4.69) is 4.84 Å². The summed E-state index contributed by atoms with van der Waals surface area (Å²) in [6.07, 6.45) is 3.84. The van der Waals surface area contributed by atoms with Crippen LogP contribution in [0.5, 0.6) is 0 Å². The minimum absolute atomic E-state index is 0.00694. The zero-order valence-electron chi connectivity index (χ0n) is 4.63. The van der Waals surface area contributed by atoms with Crippen molar-refractivity contribution in [1.82, 2.24) is 5.06 Å². The van der Waals surface area contributed by atoms with Gasteiger partial charge in [0.1, 0.15) is 0 Å². The Balaban J connectivity index is 2.53. The number of hydrogen-bond donors (Lipinski definition) is 0. The maximum absolute atomic E-state index is 10.5. The van der Waals surface area contributed by atoms with Gasteiger partial charge < -0.3 is 0 Å². The number of amides is 1. The van der Waals surface area contributed by atoms with E-state index in [0.717, 1.165) is 0 Å². The van der Waals surface area contributed by atoms with Crippen LogP contribution in [-0.2, 0) is 9.63 Å². The highest BCUT2D eigenvalue weighted by Crippen LogP contribution is 2.04. The molecule has 3 heteroatoms. The van der Waals surface area contributed by atoms with Crippen molar-refractivity contribution in [1.29, 1.82) is 0 Å². The average molecular weight is 113 g/mol. The van der Waals surface area contributed by atoms with Crippen LogP contribution >= 0.6 is 0 Å². The SMILES string of the molecule is CON1C=CCC1=O. The van der Waals surface area contributed by atoms with Gasteiger partial charge in [-0.05, 0) is 0 Å². The Morgan fingerprint density at radius 2 is 2.62 bits per heavy atom. The van der Waals surface area contributed by atoms with Gasteiger partial charge in [-0.2, -0.15) is 5.06 Å². The van der Waals surface area contributed by atoms with Gasteiger partial charge in [0.25, 0.3) is 5.91 Å². The second kappa shape index (κ2) is 1.96. The molecular formula is C5H7NO2. The topological polar surface area (TPSA) is 29.5 Å². The molecule has 0 atom stereocenters. The first-order valence-electron chi connectivity index (χ1n) is 2.37. The first kappa shape index (κ1) is 5.31. The van der Waals surface area contributed by atoms with Gasteiger partial charge in [0.05, 0.1) is 7.11 Å². The molecule has 0 fully saturated rings. The van der Waals surface area contributed by atoms with Gasteiger partial charge in [-0.1, -0.05) is 6.08 Å². The van der Waals surface area contributed by atoms with Crippen molar-refractivity contribution in [3.63, 3.8) is 0 Å². The van der Waals surface area contributed by atoms with E-state index in [0.29, 0.717) is 6.42 Å². The number of carbonyl (C=O) groups excluding carboxylic acids is 1. The summed E-state index contributed by atoms with van der Waals surface area (Å²) in [6.45, 7) is 0. The molecule has 0 aromatic heterocycles. The lowest BCUT2D eigenvalue weighted by Gasteiger charge is -2.06. The average Bonchev–Trinajstić information content (AvgIpc) is 2.14. The molecule has 3 nitrogen and oxygen atoms in total. The smallest absolute Gasteiger partial charge is 0.254 e. The van der Waals surface area contributed by atoms with Crippen molar-refractivity contribution in [3.05, 3.63) is 12.3 Å². The molecule has 44 valence electrons. The van der Waals surface area contributed by atoms with E-state index in [1.54, 1.807) is 12.3 Å². The van der Waals surface area contributed by atoms with Crippen LogP contribution in [0.3, 0.4) is 0 Å². The molecule has 1 amide bonds. The molecule has 0 saturated carbocycles. The third kappa shape index (κ3) is 0.721. The Hall–Kier alpha value is -0.830. The normalized spacial score (nSPS) is 18.1. The fourth-order valence-corrected chi connectivity index (χ4v) is 0.585. The zero-order valence-corrected chi connectivity index (χ0v) is 4.63. The first-order valence-corrected chi connectivity index (χ1v) is 2.37. The zero-order chi connectivity index (χ0) is 5.98. The molecule has 0 spiro atoms. The third-order valence-corrected chi connectivity index (χ3v) is 0.976. The number of hydrogen-bond acceptors (Lipinski definition) is 2. The van der Waals surface area contributed by atoms with Crippen molar-refractivity contribution in [3.8, 4) is 0 Å². The van der Waals surface area contributed by atoms with Crippen LogP contribution in [0.4, 0.5) is 0 Å². The van der Waals surface area contributed by atoms with Crippen molar-refractivity contribution in [2.24, 2.45) is 0 Å². The van der Waals surface area contributed by atoms with E-state index in [9.17, 15) is 4.79 Å². The molecule has 0 bridgehead atoms. The summed E-state index contributed by atoms with van der Waals surface area (Å²) in [5, 5.41) is 1.21. The molecule has 1 heterocycles. The van der Waals surface area contributed by atoms with Crippen LogP contribution in [0.15, 0.2) is 12.3 Å². The predicted octanol–water partition coefficient (Wildman–Crippen LogP) is 0.294. The van der Waals surface area contributed by atoms with E-state index in [1.165, 1.54) is 12.2 Å². The fraction of sp³-hybridized carbons (Fsp3) is 0.400. The first-order chi connectivity index (χ1) is 3.84. The Bertz CT molecular complexity index is 130. The summed E-state index contributed by atoms with van der Waals surface area (Å²) in [5.74, 6) is -0.00694. The van der Waals surface area contributed by atoms with Crippen LogP contribution in [0.2, 0.25) is 0 Å². The summed E-state index contributed by atoms with van der Waals surface area (Å²) in [6, 6.07) is 0. The second-order valence-electron chi connectivity index (χ2n) is 1.49. The monoisotopic (exact) mass is 113 g/mol. The Kier molecular flexibility index (Phi) is 1.30. The van der Waals surface area contributed by atoms with Gasteiger partial charge in [0.15, 0.2) is 0 Å². The number of nitrogens with zero attached hydrogens (tertiary/aromatic N) is 1. The van der Waals surface area contributed by atoms with Crippen LogP contribution < -0.4 is 0 Å². The molecule has 0 radical (unpaired) electrons. The van der Waals surface area contributed by atoms with E-state index >= 15 is 0 Å². The van der Waals surface area contributed by atoms with Crippen molar-refractivity contribution < 1.29 is 9.63 Å². The summed E-state index contributed by atoms with van der Waals surface area (Å²) in [4.78, 5) is 15.2. The van der Waals surface area contributed by atoms with Gasteiger partial charge in [-0.25, -0.2) is 0 Å². The largest absolute Gasteiger partial charge is 0.272 e. The van der Waals surface area contributed by atoms with Crippen LogP contribution in [0.1, 0.15) is 6.42 Å². The maximum atomic E-state index is 10.5. The highest BCUT2D eigenvalue weighted by Gasteiger charge is 2.12. The number of hydroxylamine groups is 2. The standard InChI is InChI=1S/C5H7NO2/c1-8-6-4-2-3-5(6)7/h2,4H,3H2,1H3. The molecule has 0 saturated heterocycles. The third-order valence-electron chi connectivity index (χ3n) is 0.976. The molecule has 1 rings (SSSR count). The lowest BCUT2D eigenvalue weighted by atomic mass is 10.5. The van der Waals surface area contributed by atoms with Gasteiger partial charge in [-0.3, -0.25) is 9.63 Å². The molecule has 0 aromatic carbocycles. The second-order valence-corrected chi connectivity index (χ2v) is 1.49. The van der Waals surface area contributed by atoms with Crippen LogP contribution in [-0.4, -0.2) is 18.1 Å². The molecule has 0 aliphatic carbocycles. The molecule has 0 aromatic rings. The van der Waals surface area contributed by atoms with Crippen molar-refractivity contribution in [2.45, 2.75) is 6.42 Å². The minimum Gasteiger partial charge on any atom is -0.272 e. The predicted molar refractivity (Wildman–Crippen MR) is 27.6 cm³/mol. The minimum atomic E-state index is -0.00694.